The molecule has 7 nitrogen and oxygen atoms in total. The quantitative estimate of drug-likeness (QED) is 0.804. The average molecular weight is 342 g/mol. The van der Waals surface area contributed by atoms with Crippen molar-refractivity contribution in [3.8, 4) is 0 Å². The van der Waals surface area contributed by atoms with Crippen LogP contribution in [0, 0.1) is 5.41 Å². The van der Waals surface area contributed by atoms with E-state index in [4.69, 9.17) is 14.6 Å². The van der Waals surface area contributed by atoms with Crippen molar-refractivity contribution >= 4 is 12.0 Å². The first-order valence-electron chi connectivity index (χ1n) is 8.67. The third kappa shape index (κ3) is 4.19. The molecule has 0 bridgehead atoms. The van der Waals surface area contributed by atoms with Gasteiger partial charge in [-0.2, -0.15) is 0 Å². The van der Waals surface area contributed by atoms with Crippen LogP contribution < -0.4 is 5.32 Å². The lowest BCUT2D eigenvalue weighted by molar-refractivity contribution is -0.159. The van der Waals surface area contributed by atoms with E-state index in [0.29, 0.717) is 26.2 Å². The van der Waals surface area contributed by atoms with Crippen LogP contribution in [0.5, 0.6) is 0 Å². The van der Waals surface area contributed by atoms with E-state index in [1.807, 2.05) is 27.7 Å². The Balaban J connectivity index is 2.11. The van der Waals surface area contributed by atoms with Gasteiger partial charge in [0.2, 0.25) is 5.91 Å². The van der Waals surface area contributed by atoms with Crippen molar-refractivity contribution in [1.29, 1.82) is 0 Å². The number of nitrogens with zero attached hydrogens (tertiary/aromatic N) is 1. The van der Waals surface area contributed by atoms with Crippen molar-refractivity contribution in [1.82, 2.24) is 10.2 Å². The third-order valence-electron chi connectivity index (χ3n) is 4.69. The molecule has 1 spiro atoms. The summed E-state index contributed by atoms with van der Waals surface area (Å²) in [7, 11) is 0. The minimum atomic E-state index is -0.597. The van der Waals surface area contributed by atoms with Crippen LogP contribution in [0.1, 0.15) is 47.0 Å². The zero-order valence-corrected chi connectivity index (χ0v) is 15.1. The molecule has 2 heterocycles. The topological polar surface area (TPSA) is 88.1 Å². The molecular formula is C17H30N2O5. The van der Waals surface area contributed by atoms with Gasteiger partial charge in [0, 0.05) is 37.8 Å². The summed E-state index contributed by atoms with van der Waals surface area (Å²) in [5.74, 6) is -0.171. The monoisotopic (exact) mass is 342 g/mol. The minimum absolute atomic E-state index is 0.0148. The number of hydrogen-bond acceptors (Lipinski definition) is 5. The molecule has 2 fully saturated rings. The van der Waals surface area contributed by atoms with Crippen LogP contribution in [0.15, 0.2) is 0 Å². The molecule has 0 saturated carbocycles. The number of aliphatic hydroxyl groups is 1. The number of ether oxygens (including phenoxy) is 2. The van der Waals surface area contributed by atoms with E-state index in [2.05, 4.69) is 5.32 Å². The molecule has 2 saturated heterocycles. The summed E-state index contributed by atoms with van der Waals surface area (Å²) in [5.41, 5.74) is -0.821. The Bertz CT molecular complexity index is 468. The number of carbonyl (C=O) groups excluding carboxylic acids is 2. The van der Waals surface area contributed by atoms with E-state index in [9.17, 15) is 9.59 Å². The van der Waals surface area contributed by atoms with Gasteiger partial charge in [0.15, 0.2) is 0 Å². The van der Waals surface area contributed by atoms with Crippen LogP contribution in [-0.4, -0.2) is 66.1 Å². The van der Waals surface area contributed by atoms with Gasteiger partial charge < -0.3 is 19.9 Å². The highest BCUT2D eigenvalue weighted by Gasteiger charge is 2.59. The molecule has 0 aromatic carbocycles. The lowest BCUT2D eigenvalue weighted by Crippen LogP contribution is -2.73. The Morgan fingerprint density at radius 1 is 1.38 bits per heavy atom. The van der Waals surface area contributed by atoms with Crippen molar-refractivity contribution in [2.24, 2.45) is 5.41 Å². The largest absolute Gasteiger partial charge is 0.444 e. The fraction of sp³-hybridized carbons (Fsp3) is 0.882. The first kappa shape index (κ1) is 19.0. The molecule has 2 rings (SSSR count). The third-order valence-corrected chi connectivity index (χ3v) is 4.69. The SMILES string of the molecule is CC(CCO)NC(=O)C1N(C(=O)OC(C)(C)C)CC12CCOCC2. The van der Waals surface area contributed by atoms with Crippen molar-refractivity contribution in [3.63, 3.8) is 0 Å². The maximum absolute atomic E-state index is 12.8. The number of likely N-dealkylation sites (tertiary alicyclic amines) is 1. The van der Waals surface area contributed by atoms with E-state index in [-0.39, 0.29) is 24.0 Å². The second-order valence-electron chi connectivity index (χ2n) is 7.91. The Morgan fingerprint density at radius 2 is 2.00 bits per heavy atom. The van der Waals surface area contributed by atoms with E-state index >= 15 is 0 Å². The molecule has 2 amide bonds. The zero-order valence-electron chi connectivity index (χ0n) is 15.1. The van der Waals surface area contributed by atoms with Crippen LogP contribution >= 0.6 is 0 Å². The maximum atomic E-state index is 12.8. The Hall–Kier alpha value is -1.34. The molecule has 0 aromatic rings. The molecule has 138 valence electrons. The van der Waals surface area contributed by atoms with Gasteiger partial charge in [0.1, 0.15) is 11.6 Å². The molecule has 2 atom stereocenters. The van der Waals surface area contributed by atoms with E-state index < -0.39 is 17.7 Å². The second-order valence-corrected chi connectivity index (χ2v) is 7.91. The van der Waals surface area contributed by atoms with Crippen molar-refractivity contribution in [2.45, 2.75) is 64.6 Å². The Morgan fingerprint density at radius 3 is 2.54 bits per heavy atom. The molecule has 0 radical (unpaired) electrons. The maximum Gasteiger partial charge on any atom is 0.411 e. The highest BCUT2D eigenvalue weighted by molar-refractivity contribution is 5.89. The lowest BCUT2D eigenvalue weighted by Gasteiger charge is -2.57. The summed E-state index contributed by atoms with van der Waals surface area (Å²) in [6, 6.07) is -0.669. The highest BCUT2D eigenvalue weighted by Crippen LogP contribution is 2.46. The predicted octanol–water partition coefficient (Wildman–Crippen LogP) is 1.29. The number of hydrogen-bond donors (Lipinski definition) is 2. The fourth-order valence-corrected chi connectivity index (χ4v) is 3.44. The molecule has 0 aromatic heterocycles. The smallest absolute Gasteiger partial charge is 0.411 e. The van der Waals surface area contributed by atoms with E-state index in [0.717, 1.165) is 12.8 Å². The lowest BCUT2D eigenvalue weighted by atomic mass is 9.66. The summed E-state index contributed by atoms with van der Waals surface area (Å²) in [5, 5.41) is 11.9. The summed E-state index contributed by atoms with van der Waals surface area (Å²) < 4.78 is 10.9. The van der Waals surface area contributed by atoms with E-state index in [1.54, 1.807) is 0 Å². The van der Waals surface area contributed by atoms with Crippen LogP contribution in [0.2, 0.25) is 0 Å². The van der Waals surface area contributed by atoms with Gasteiger partial charge >= 0.3 is 6.09 Å². The summed E-state index contributed by atoms with van der Waals surface area (Å²) >= 11 is 0. The van der Waals surface area contributed by atoms with Gasteiger partial charge in [0.25, 0.3) is 0 Å². The highest BCUT2D eigenvalue weighted by atomic mass is 16.6. The molecule has 2 unspecified atom stereocenters. The van der Waals surface area contributed by atoms with Crippen LogP contribution in [0.3, 0.4) is 0 Å². The molecule has 7 heteroatoms. The summed E-state index contributed by atoms with van der Waals surface area (Å²) in [6.45, 7) is 9.05. The standard InChI is InChI=1S/C17H30N2O5/c1-12(5-8-20)18-14(21)13-17(6-9-23-10-7-17)11-19(13)15(22)24-16(2,3)4/h12-13,20H,5-11H2,1-4H3,(H,18,21). The molecular weight excluding hydrogens is 312 g/mol. The Kier molecular flexibility index (Phi) is 5.75. The summed E-state index contributed by atoms with van der Waals surface area (Å²) in [4.78, 5) is 26.8. The van der Waals surface area contributed by atoms with Crippen LogP contribution in [-0.2, 0) is 14.3 Å². The van der Waals surface area contributed by atoms with Gasteiger partial charge in [-0.3, -0.25) is 9.69 Å². The molecule has 0 aliphatic carbocycles. The fourth-order valence-electron chi connectivity index (χ4n) is 3.44. The molecule has 2 aliphatic rings. The minimum Gasteiger partial charge on any atom is -0.444 e. The Labute approximate surface area is 143 Å². The van der Waals surface area contributed by atoms with Crippen molar-refractivity contribution < 1.29 is 24.2 Å². The van der Waals surface area contributed by atoms with Crippen LogP contribution in [0.25, 0.3) is 0 Å². The number of carbonyl (C=O) groups is 2. The number of amides is 2. The van der Waals surface area contributed by atoms with Crippen LogP contribution in [0.4, 0.5) is 4.79 Å². The second kappa shape index (κ2) is 7.27. The first-order chi connectivity index (χ1) is 11.2. The normalized spacial score (nSPS) is 24.2. The number of rotatable bonds is 4. The summed E-state index contributed by atoms with van der Waals surface area (Å²) in [6.07, 6.45) is 1.56. The van der Waals surface area contributed by atoms with E-state index in [1.165, 1.54) is 4.90 Å². The molecule has 2 N–H and O–H groups in total. The number of nitrogens with one attached hydrogen (secondary N) is 1. The van der Waals surface area contributed by atoms with Gasteiger partial charge in [-0.05, 0) is 47.0 Å². The van der Waals surface area contributed by atoms with Gasteiger partial charge in [-0.15, -0.1) is 0 Å². The number of aliphatic hydroxyl groups excluding tert-OH is 1. The predicted molar refractivity (Wildman–Crippen MR) is 88.5 cm³/mol. The van der Waals surface area contributed by atoms with Gasteiger partial charge in [0.05, 0.1) is 0 Å². The molecule has 2 aliphatic heterocycles. The van der Waals surface area contributed by atoms with Gasteiger partial charge in [-0.1, -0.05) is 0 Å². The van der Waals surface area contributed by atoms with Gasteiger partial charge in [-0.25, -0.2) is 4.79 Å². The van der Waals surface area contributed by atoms with Crippen molar-refractivity contribution in [2.75, 3.05) is 26.4 Å². The zero-order chi connectivity index (χ0) is 18.0. The van der Waals surface area contributed by atoms with Crippen molar-refractivity contribution in [3.05, 3.63) is 0 Å². The average Bonchev–Trinajstić information content (AvgIpc) is 2.44. The first-order valence-corrected chi connectivity index (χ1v) is 8.67. The molecule has 24 heavy (non-hydrogen) atoms.